The van der Waals surface area contributed by atoms with Crippen molar-refractivity contribution in [1.29, 1.82) is 0 Å². The molecule has 2 aromatic rings. The maximum atomic E-state index is 12.9. The van der Waals surface area contributed by atoms with Crippen molar-refractivity contribution >= 4 is 11.6 Å². The van der Waals surface area contributed by atoms with E-state index in [0.717, 1.165) is 11.6 Å². The fourth-order valence-electron chi connectivity index (χ4n) is 2.56. The van der Waals surface area contributed by atoms with Gasteiger partial charge in [-0.2, -0.15) is 13.2 Å². The van der Waals surface area contributed by atoms with E-state index >= 15 is 0 Å². The summed E-state index contributed by atoms with van der Waals surface area (Å²) in [7, 11) is 0. The van der Waals surface area contributed by atoms with Gasteiger partial charge < -0.3 is 10.1 Å². The molecule has 0 atom stereocenters. The third kappa shape index (κ3) is 4.98. The Morgan fingerprint density at radius 3 is 2.44 bits per heavy atom. The summed E-state index contributed by atoms with van der Waals surface area (Å²) in [6.07, 6.45) is -4.53. The zero-order valence-electron chi connectivity index (χ0n) is 14.3. The molecular weight excluding hydrogens is 331 g/mol. The first kappa shape index (κ1) is 18.8. The van der Waals surface area contributed by atoms with Crippen LogP contribution in [0.4, 0.5) is 18.9 Å². The number of aryl methyl sites for hydroxylation is 1. The second-order valence-electron chi connectivity index (χ2n) is 6.05. The van der Waals surface area contributed by atoms with Gasteiger partial charge >= 0.3 is 6.18 Å². The molecule has 3 nitrogen and oxygen atoms in total. The van der Waals surface area contributed by atoms with Crippen molar-refractivity contribution in [2.24, 2.45) is 0 Å². The van der Waals surface area contributed by atoms with Gasteiger partial charge in [0.05, 0.1) is 11.3 Å². The Hall–Kier alpha value is -2.50. The van der Waals surface area contributed by atoms with Crippen LogP contribution in [0.25, 0.3) is 0 Å². The summed E-state index contributed by atoms with van der Waals surface area (Å²) < 4.78 is 44.1. The summed E-state index contributed by atoms with van der Waals surface area (Å²) >= 11 is 0. The van der Waals surface area contributed by atoms with Gasteiger partial charge in [0.2, 0.25) is 0 Å². The molecule has 0 bridgehead atoms. The number of para-hydroxylation sites is 1. The lowest BCUT2D eigenvalue weighted by atomic mass is 9.98. The number of rotatable bonds is 5. The molecule has 134 valence electrons. The first-order chi connectivity index (χ1) is 11.7. The third-order valence-electron chi connectivity index (χ3n) is 3.74. The highest BCUT2D eigenvalue weighted by Gasteiger charge is 2.33. The highest BCUT2D eigenvalue weighted by molar-refractivity contribution is 5.92. The summed E-state index contributed by atoms with van der Waals surface area (Å²) in [5.74, 6) is 0.222. The minimum absolute atomic E-state index is 0.282. The number of halogens is 3. The van der Waals surface area contributed by atoms with E-state index in [4.69, 9.17) is 4.74 Å². The summed E-state index contributed by atoms with van der Waals surface area (Å²) in [5.41, 5.74) is 1.04. The van der Waals surface area contributed by atoms with Gasteiger partial charge in [-0.25, -0.2) is 0 Å². The highest BCUT2D eigenvalue weighted by atomic mass is 19.4. The average molecular weight is 351 g/mol. The standard InChI is InChI=1S/C19H20F3NO2/c1-12(2)15-9-8-14(10-13(15)3)25-11-18(24)23-17-7-5-4-6-16(17)19(20,21)22/h4-10,12H,11H2,1-3H3,(H,23,24). The Morgan fingerprint density at radius 2 is 1.84 bits per heavy atom. The first-order valence-corrected chi connectivity index (χ1v) is 7.88. The van der Waals surface area contributed by atoms with Crippen LogP contribution in [0.1, 0.15) is 36.5 Å². The molecule has 0 aromatic heterocycles. The van der Waals surface area contributed by atoms with E-state index in [1.807, 2.05) is 19.1 Å². The lowest BCUT2D eigenvalue weighted by Crippen LogP contribution is -2.22. The van der Waals surface area contributed by atoms with Crippen LogP contribution < -0.4 is 10.1 Å². The van der Waals surface area contributed by atoms with E-state index in [9.17, 15) is 18.0 Å². The second-order valence-corrected chi connectivity index (χ2v) is 6.05. The van der Waals surface area contributed by atoms with Crippen molar-refractivity contribution in [3.05, 3.63) is 59.2 Å². The molecule has 1 N–H and O–H groups in total. The molecule has 0 aliphatic rings. The SMILES string of the molecule is Cc1cc(OCC(=O)Nc2ccccc2C(F)(F)F)ccc1C(C)C. The maximum Gasteiger partial charge on any atom is 0.418 e. The minimum Gasteiger partial charge on any atom is -0.484 e. The number of benzene rings is 2. The Bertz CT molecular complexity index is 755. The van der Waals surface area contributed by atoms with Gasteiger partial charge in [-0.3, -0.25) is 4.79 Å². The number of amides is 1. The van der Waals surface area contributed by atoms with E-state index in [2.05, 4.69) is 19.2 Å². The number of carbonyl (C=O) groups is 1. The molecule has 0 fully saturated rings. The molecular formula is C19H20F3NO2. The highest BCUT2D eigenvalue weighted by Crippen LogP contribution is 2.34. The molecule has 0 saturated carbocycles. The van der Waals surface area contributed by atoms with Gasteiger partial charge in [-0.15, -0.1) is 0 Å². The lowest BCUT2D eigenvalue weighted by Gasteiger charge is -2.14. The third-order valence-corrected chi connectivity index (χ3v) is 3.74. The van der Waals surface area contributed by atoms with E-state index < -0.39 is 17.6 Å². The smallest absolute Gasteiger partial charge is 0.418 e. The summed E-state index contributed by atoms with van der Waals surface area (Å²) in [6.45, 7) is 5.73. The van der Waals surface area contributed by atoms with Crippen molar-refractivity contribution in [3.63, 3.8) is 0 Å². The fourth-order valence-corrected chi connectivity index (χ4v) is 2.56. The fraction of sp³-hybridized carbons (Fsp3) is 0.316. The zero-order chi connectivity index (χ0) is 18.6. The van der Waals surface area contributed by atoms with Crippen LogP contribution in [-0.4, -0.2) is 12.5 Å². The van der Waals surface area contributed by atoms with E-state index in [0.29, 0.717) is 11.7 Å². The topological polar surface area (TPSA) is 38.3 Å². The molecule has 0 unspecified atom stereocenters. The summed E-state index contributed by atoms with van der Waals surface area (Å²) in [5, 5.41) is 2.25. The number of ether oxygens (including phenoxy) is 1. The molecule has 2 aromatic carbocycles. The van der Waals surface area contributed by atoms with Crippen molar-refractivity contribution < 1.29 is 22.7 Å². The molecule has 0 spiro atoms. The van der Waals surface area contributed by atoms with Crippen LogP contribution in [0.5, 0.6) is 5.75 Å². The molecule has 2 rings (SSSR count). The minimum atomic E-state index is -4.53. The lowest BCUT2D eigenvalue weighted by molar-refractivity contribution is -0.137. The van der Waals surface area contributed by atoms with Crippen molar-refractivity contribution in [2.75, 3.05) is 11.9 Å². The molecule has 1 amide bonds. The van der Waals surface area contributed by atoms with Gasteiger partial charge in [0.1, 0.15) is 5.75 Å². The van der Waals surface area contributed by atoms with Gasteiger partial charge in [-0.05, 0) is 48.2 Å². The van der Waals surface area contributed by atoms with Gasteiger partial charge in [-0.1, -0.05) is 32.0 Å². The van der Waals surface area contributed by atoms with Crippen LogP contribution in [0.3, 0.4) is 0 Å². The number of hydrogen-bond acceptors (Lipinski definition) is 2. The van der Waals surface area contributed by atoms with Crippen molar-refractivity contribution in [3.8, 4) is 5.75 Å². The number of anilines is 1. The largest absolute Gasteiger partial charge is 0.484 e. The Morgan fingerprint density at radius 1 is 1.16 bits per heavy atom. The van der Waals surface area contributed by atoms with Gasteiger partial charge in [0.25, 0.3) is 5.91 Å². The zero-order valence-corrected chi connectivity index (χ0v) is 14.3. The van der Waals surface area contributed by atoms with E-state index in [1.165, 1.54) is 23.8 Å². The average Bonchev–Trinajstić information content (AvgIpc) is 2.52. The van der Waals surface area contributed by atoms with Crippen LogP contribution in [0.15, 0.2) is 42.5 Å². The van der Waals surface area contributed by atoms with Crippen LogP contribution in [0, 0.1) is 6.92 Å². The number of nitrogens with one attached hydrogen (secondary N) is 1. The maximum absolute atomic E-state index is 12.9. The second kappa shape index (κ2) is 7.59. The van der Waals surface area contributed by atoms with Gasteiger partial charge in [0.15, 0.2) is 6.61 Å². The van der Waals surface area contributed by atoms with Crippen LogP contribution in [-0.2, 0) is 11.0 Å². The Kier molecular flexibility index (Phi) is 5.72. The molecule has 0 aliphatic carbocycles. The summed E-state index contributed by atoms with van der Waals surface area (Å²) in [6, 6.07) is 10.3. The van der Waals surface area contributed by atoms with Crippen LogP contribution >= 0.6 is 0 Å². The molecule has 0 aliphatic heterocycles. The van der Waals surface area contributed by atoms with Crippen LogP contribution in [0.2, 0.25) is 0 Å². The Balaban J connectivity index is 2.02. The summed E-state index contributed by atoms with van der Waals surface area (Å²) in [4.78, 5) is 11.9. The quantitative estimate of drug-likeness (QED) is 0.808. The molecule has 0 radical (unpaired) electrons. The number of alkyl halides is 3. The van der Waals surface area contributed by atoms with Crippen molar-refractivity contribution in [1.82, 2.24) is 0 Å². The normalized spacial score (nSPS) is 11.5. The van der Waals surface area contributed by atoms with Crippen molar-refractivity contribution in [2.45, 2.75) is 32.9 Å². The molecule has 25 heavy (non-hydrogen) atoms. The molecule has 6 heteroatoms. The predicted octanol–water partition coefficient (Wildman–Crippen LogP) is 5.15. The number of carbonyl (C=O) groups excluding carboxylic acids is 1. The molecule has 0 saturated heterocycles. The van der Waals surface area contributed by atoms with Gasteiger partial charge in [0, 0.05) is 0 Å². The van der Waals surface area contributed by atoms with E-state index in [1.54, 1.807) is 6.07 Å². The molecule has 0 heterocycles. The van der Waals surface area contributed by atoms with E-state index in [-0.39, 0.29) is 12.3 Å². The monoisotopic (exact) mass is 351 g/mol. The Labute approximate surface area is 144 Å². The predicted molar refractivity (Wildman–Crippen MR) is 90.8 cm³/mol. The first-order valence-electron chi connectivity index (χ1n) is 7.88. The number of hydrogen-bond donors (Lipinski definition) is 1.